The number of thioether (sulfide) groups is 1. The number of sulfonamides is 1. The number of aromatic nitrogens is 1. The minimum absolute atomic E-state index is 0.0305. The molecule has 0 atom stereocenters. The number of piperidine rings is 1. The lowest BCUT2D eigenvalue weighted by molar-refractivity contribution is 0.0687. The standard InChI is InChI=1S/C21H25N3O4S2/c1-15(25)17-5-7-18(8-6-17)30(27,28)23-14-16-9-12-24(13-10-16)21(26)19-4-3-11-22-20(19)29-2/h3-8,11,16,23H,9-10,12-14H2,1-2H3. The summed E-state index contributed by atoms with van der Waals surface area (Å²) in [5.41, 5.74) is 1.09. The predicted octanol–water partition coefficient (Wildman–Crippen LogP) is 2.84. The molecule has 0 radical (unpaired) electrons. The molecule has 1 saturated heterocycles. The second-order valence-corrected chi connectivity index (χ2v) is 9.79. The molecule has 0 spiro atoms. The van der Waals surface area contributed by atoms with E-state index in [1.54, 1.807) is 18.3 Å². The highest BCUT2D eigenvalue weighted by molar-refractivity contribution is 7.98. The van der Waals surface area contributed by atoms with Crippen LogP contribution >= 0.6 is 11.8 Å². The van der Waals surface area contributed by atoms with E-state index in [4.69, 9.17) is 0 Å². The van der Waals surface area contributed by atoms with Crippen LogP contribution in [0.15, 0.2) is 52.5 Å². The minimum Gasteiger partial charge on any atom is -0.339 e. The molecule has 1 N–H and O–H groups in total. The van der Waals surface area contributed by atoms with Crippen molar-refractivity contribution in [3.05, 3.63) is 53.7 Å². The molecular weight excluding hydrogens is 422 g/mol. The monoisotopic (exact) mass is 447 g/mol. The summed E-state index contributed by atoms with van der Waals surface area (Å²) >= 11 is 1.45. The summed E-state index contributed by atoms with van der Waals surface area (Å²) in [7, 11) is -3.64. The van der Waals surface area contributed by atoms with Crippen LogP contribution in [0.3, 0.4) is 0 Å². The van der Waals surface area contributed by atoms with Gasteiger partial charge in [-0.1, -0.05) is 12.1 Å². The van der Waals surface area contributed by atoms with E-state index < -0.39 is 10.0 Å². The highest BCUT2D eigenvalue weighted by Gasteiger charge is 2.26. The van der Waals surface area contributed by atoms with Gasteiger partial charge < -0.3 is 4.90 Å². The van der Waals surface area contributed by atoms with E-state index in [-0.39, 0.29) is 22.5 Å². The Morgan fingerprint density at radius 2 is 1.83 bits per heavy atom. The Morgan fingerprint density at radius 3 is 2.43 bits per heavy atom. The summed E-state index contributed by atoms with van der Waals surface area (Å²) in [6.45, 7) is 2.93. The van der Waals surface area contributed by atoms with E-state index in [2.05, 4.69) is 9.71 Å². The third kappa shape index (κ3) is 5.27. The van der Waals surface area contributed by atoms with Gasteiger partial charge in [-0.05, 0) is 56.2 Å². The highest BCUT2D eigenvalue weighted by Crippen LogP contribution is 2.23. The summed E-state index contributed by atoms with van der Waals surface area (Å²) in [5.74, 6) is 0.0235. The molecule has 7 nitrogen and oxygen atoms in total. The molecule has 1 aliphatic heterocycles. The van der Waals surface area contributed by atoms with E-state index in [0.717, 1.165) is 12.8 Å². The fourth-order valence-electron chi connectivity index (χ4n) is 3.41. The summed E-state index contributed by atoms with van der Waals surface area (Å²) in [6.07, 6.45) is 5.03. The molecule has 160 valence electrons. The molecule has 0 unspecified atom stereocenters. The van der Waals surface area contributed by atoms with Crippen LogP contribution in [0.2, 0.25) is 0 Å². The third-order valence-corrected chi connectivity index (χ3v) is 7.38. The molecule has 2 aromatic rings. The normalized spacial score (nSPS) is 15.2. The Morgan fingerprint density at radius 1 is 1.17 bits per heavy atom. The van der Waals surface area contributed by atoms with Gasteiger partial charge in [0.25, 0.3) is 5.91 Å². The smallest absolute Gasteiger partial charge is 0.256 e. The molecule has 0 aliphatic carbocycles. The first-order valence-corrected chi connectivity index (χ1v) is 12.4. The van der Waals surface area contributed by atoms with E-state index >= 15 is 0 Å². The second-order valence-electron chi connectivity index (χ2n) is 7.23. The lowest BCUT2D eigenvalue weighted by Gasteiger charge is -2.32. The van der Waals surface area contributed by atoms with Crippen LogP contribution in [0.4, 0.5) is 0 Å². The SMILES string of the molecule is CSc1ncccc1C(=O)N1CCC(CNS(=O)(=O)c2ccc(C(C)=O)cc2)CC1. The van der Waals surface area contributed by atoms with Crippen LogP contribution in [0.25, 0.3) is 0 Å². The van der Waals surface area contributed by atoms with Crippen LogP contribution in [-0.4, -0.2) is 55.9 Å². The number of benzene rings is 1. The van der Waals surface area contributed by atoms with Crippen molar-refractivity contribution in [3.8, 4) is 0 Å². The molecule has 1 aromatic heterocycles. The maximum Gasteiger partial charge on any atom is 0.256 e. The average Bonchev–Trinajstić information content (AvgIpc) is 2.77. The third-order valence-electron chi connectivity index (χ3n) is 5.23. The van der Waals surface area contributed by atoms with Gasteiger partial charge in [0.1, 0.15) is 5.03 Å². The Bertz CT molecular complexity index is 1010. The molecule has 1 aromatic carbocycles. The van der Waals surface area contributed by atoms with Crippen molar-refractivity contribution in [2.45, 2.75) is 29.7 Å². The number of rotatable bonds is 7. The summed E-state index contributed by atoms with van der Waals surface area (Å²) in [6, 6.07) is 9.47. The van der Waals surface area contributed by atoms with E-state index in [1.807, 2.05) is 11.2 Å². The van der Waals surface area contributed by atoms with Crippen molar-refractivity contribution in [1.29, 1.82) is 0 Å². The van der Waals surface area contributed by atoms with Gasteiger partial charge in [0, 0.05) is 31.4 Å². The maximum atomic E-state index is 12.8. The van der Waals surface area contributed by atoms with Gasteiger partial charge in [0.15, 0.2) is 5.78 Å². The molecule has 2 heterocycles. The van der Waals surface area contributed by atoms with E-state index in [9.17, 15) is 18.0 Å². The number of carbonyl (C=O) groups excluding carboxylic acids is 2. The quantitative estimate of drug-likeness (QED) is 0.518. The maximum absolute atomic E-state index is 12.8. The number of ketones is 1. The predicted molar refractivity (Wildman–Crippen MR) is 116 cm³/mol. The zero-order chi connectivity index (χ0) is 21.7. The van der Waals surface area contributed by atoms with Gasteiger partial charge in [-0.3, -0.25) is 9.59 Å². The van der Waals surface area contributed by atoms with Crippen molar-refractivity contribution in [2.24, 2.45) is 5.92 Å². The number of nitrogens with zero attached hydrogens (tertiary/aromatic N) is 2. The number of Topliss-reactive ketones (excluding diaryl/α,β-unsaturated/α-hetero) is 1. The number of pyridine rings is 1. The molecule has 0 bridgehead atoms. The van der Waals surface area contributed by atoms with Crippen LogP contribution in [0.5, 0.6) is 0 Å². The topological polar surface area (TPSA) is 96.4 Å². The van der Waals surface area contributed by atoms with Crippen molar-refractivity contribution >= 4 is 33.5 Å². The first-order chi connectivity index (χ1) is 14.3. The lowest BCUT2D eigenvalue weighted by Crippen LogP contribution is -2.41. The zero-order valence-electron chi connectivity index (χ0n) is 17.0. The summed E-state index contributed by atoms with van der Waals surface area (Å²) in [4.78, 5) is 30.3. The first-order valence-electron chi connectivity index (χ1n) is 9.71. The molecule has 1 aliphatic rings. The number of hydrogen-bond acceptors (Lipinski definition) is 6. The molecule has 0 saturated carbocycles. The van der Waals surface area contributed by atoms with Gasteiger partial charge in [-0.25, -0.2) is 18.1 Å². The van der Waals surface area contributed by atoms with Crippen molar-refractivity contribution in [3.63, 3.8) is 0 Å². The van der Waals surface area contributed by atoms with Crippen LogP contribution in [-0.2, 0) is 10.0 Å². The van der Waals surface area contributed by atoms with Gasteiger partial charge >= 0.3 is 0 Å². The van der Waals surface area contributed by atoms with Crippen molar-refractivity contribution < 1.29 is 18.0 Å². The number of carbonyl (C=O) groups is 2. The Kier molecular flexibility index (Phi) is 7.27. The van der Waals surface area contributed by atoms with Gasteiger partial charge in [-0.2, -0.15) is 0 Å². The fourth-order valence-corrected chi connectivity index (χ4v) is 5.06. The molecule has 1 fully saturated rings. The molecule has 3 rings (SSSR count). The summed E-state index contributed by atoms with van der Waals surface area (Å²) in [5, 5.41) is 0.716. The number of hydrogen-bond donors (Lipinski definition) is 1. The summed E-state index contributed by atoms with van der Waals surface area (Å²) < 4.78 is 27.7. The Labute approximate surface area is 181 Å². The second kappa shape index (κ2) is 9.72. The van der Waals surface area contributed by atoms with Crippen molar-refractivity contribution in [1.82, 2.24) is 14.6 Å². The first kappa shape index (κ1) is 22.5. The number of amides is 1. The van der Waals surface area contributed by atoms with E-state index in [0.29, 0.717) is 35.8 Å². The van der Waals surface area contributed by atoms with Crippen LogP contribution in [0, 0.1) is 5.92 Å². The number of nitrogens with one attached hydrogen (secondary N) is 1. The molecule has 9 heteroatoms. The lowest BCUT2D eigenvalue weighted by atomic mass is 9.97. The molecule has 1 amide bonds. The minimum atomic E-state index is -3.64. The Hall–Kier alpha value is -2.23. The van der Waals surface area contributed by atoms with Gasteiger partial charge in [0.05, 0.1) is 10.5 Å². The van der Waals surface area contributed by atoms with Crippen LogP contribution in [0.1, 0.15) is 40.5 Å². The average molecular weight is 448 g/mol. The van der Waals surface area contributed by atoms with Crippen molar-refractivity contribution in [2.75, 3.05) is 25.9 Å². The van der Waals surface area contributed by atoms with Crippen LogP contribution < -0.4 is 4.72 Å². The molecular formula is C21H25N3O4S2. The van der Waals surface area contributed by atoms with Gasteiger partial charge in [0.2, 0.25) is 10.0 Å². The largest absolute Gasteiger partial charge is 0.339 e. The fraction of sp³-hybridized carbons (Fsp3) is 0.381. The highest BCUT2D eigenvalue weighted by atomic mass is 32.2. The van der Waals surface area contributed by atoms with Gasteiger partial charge in [-0.15, -0.1) is 11.8 Å². The zero-order valence-corrected chi connectivity index (χ0v) is 18.6. The Balaban J connectivity index is 1.54. The molecule has 30 heavy (non-hydrogen) atoms. The van der Waals surface area contributed by atoms with E-state index in [1.165, 1.54) is 43.0 Å². The number of likely N-dealkylation sites (tertiary alicyclic amines) is 1.